The molecule has 0 atom stereocenters. The zero-order valence-corrected chi connectivity index (χ0v) is 11.5. The van der Waals surface area contributed by atoms with E-state index in [0.29, 0.717) is 0 Å². The summed E-state index contributed by atoms with van der Waals surface area (Å²) in [6, 6.07) is 0. The van der Waals surface area contributed by atoms with Crippen molar-refractivity contribution in [1.82, 2.24) is 0 Å². The van der Waals surface area contributed by atoms with Crippen molar-refractivity contribution in [3.05, 3.63) is 0 Å². The molecule has 0 saturated carbocycles. The zero-order chi connectivity index (χ0) is 13.7. The molecule has 0 amide bonds. The maximum Gasteiger partial charge on any atom is 0.765 e. The molecular formula is C8H17NO8Si. The Bertz CT molecular complexity index is 225. The van der Waals surface area contributed by atoms with Gasteiger partial charge in [0.2, 0.25) is 6.08 Å². The molecule has 0 rings (SSSR count). The highest BCUT2D eigenvalue weighted by atomic mass is 28.4. The minimum absolute atomic E-state index is 0.222. The van der Waals surface area contributed by atoms with Gasteiger partial charge < -0.3 is 4.43 Å². The molecular weight excluding hydrogens is 266 g/mol. The quantitative estimate of drug-likeness (QED) is 0.169. The van der Waals surface area contributed by atoms with Gasteiger partial charge in [-0.1, -0.05) is 0 Å². The van der Waals surface area contributed by atoms with Gasteiger partial charge in [-0.05, 0) is 20.8 Å². The third-order valence-electron chi connectivity index (χ3n) is 1.21. The van der Waals surface area contributed by atoms with Gasteiger partial charge in [-0.15, -0.1) is 0 Å². The molecule has 0 unspecified atom stereocenters. The molecule has 0 spiro atoms. The number of hydrogen-bond donors (Lipinski definition) is 0. The molecule has 0 aliphatic rings. The second-order valence-corrected chi connectivity index (χ2v) is 4.28. The minimum atomic E-state index is -3.83. The van der Waals surface area contributed by atoms with Crippen LogP contribution < -0.4 is 0 Å². The summed E-state index contributed by atoms with van der Waals surface area (Å²) in [5.74, 6) is 0. The molecule has 0 aromatic heterocycles. The lowest BCUT2D eigenvalue weighted by molar-refractivity contribution is -0.385. The summed E-state index contributed by atoms with van der Waals surface area (Å²) in [6.07, 6.45) is 1.29. The van der Waals surface area contributed by atoms with E-state index in [0.717, 1.165) is 0 Å². The summed E-state index contributed by atoms with van der Waals surface area (Å²) >= 11 is 0. The van der Waals surface area contributed by atoms with Crippen molar-refractivity contribution in [2.75, 3.05) is 26.6 Å². The van der Waals surface area contributed by atoms with Crippen molar-refractivity contribution in [1.29, 1.82) is 0 Å². The Labute approximate surface area is 106 Å². The van der Waals surface area contributed by atoms with Crippen molar-refractivity contribution in [2.45, 2.75) is 20.8 Å². The summed E-state index contributed by atoms with van der Waals surface area (Å²) in [5.41, 5.74) is 0. The Hall–Kier alpha value is -0.683. The second kappa shape index (κ2) is 11.4. The highest BCUT2D eigenvalue weighted by Gasteiger charge is 2.52. The Balaban J connectivity index is 4.55. The van der Waals surface area contributed by atoms with E-state index in [1.54, 1.807) is 20.8 Å². The number of carbonyl (C=O) groups excluding carboxylic acids is 1. The standard InChI is InChI=1S/C8H17NO8Si/c1-4-11-15-18(16-12-5-2,17-13-6-3)14-8-9-7-10/h4-6,8H2,1-3H3. The molecule has 0 N–H and O–H groups in total. The van der Waals surface area contributed by atoms with Crippen LogP contribution in [0.5, 0.6) is 0 Å². The average Bonchev–Trinajstić information content (AvgIpc) is 2.40. The molecule has 0 aromatic carbocycles. The van der Waals surface area contributed by atoms with Crippen molar-refractivity contribution >= 4 is 15.1 Å². The van der Waals surface area contributed by atoms with Crippen LogP contribution >= 0.6 is 0 Å². The maximum absolute atomic E-state index is 9.96. The van der Waals surface area contributed by atoms with Gasteiger partial charge in [0.25, 0.3) is 0 Å². The Morgan fingerprint density at radius 2 is 1.39 bits per heavy atom. The third-order valence-corrected chi connectivity index (χ3v) is 2.66. The topological polar surface area (TPSA) is 94.0 Å². The number of aliphatic imine (C=N–C) groups is 1. The Morgan fingerprint density at radius 3 is 1.72 bits per heavy atom. The molecule has 0 aliphatic heterocycles. The van der Waals surface area contributed by atoms with Gasteiger partial charge in [-0.25, -0.2) is 19.5 Å². The third kappa shape index (κ3) is 7.61. The largest absolute Gasteiger partial charge is 0.765 e. The molecule has 0 radical (unpaired) electrons. The van der Waals surface area contributed by atoms with Crippen LogP contribution in [-0.4, -0.2) is 41.7 Å². The van der Waals surface area contributed by atoms with E-state index >= 15 is 0 Å². The van der Waals surface area contributed by atoms with Gasteiger partial charge in [0.05, 0.1) is 19.8 Å². The highest BCUT2D eigenvalue weighted by Crippen LogP contribution is 2.13. The lowest BCUT2D eigenvalue weighted by Gasteiger charge is -2.22. The first-order chi connectivity index (χ1) is 8.74. The normalized spacial score (nSPS) is 11.3. The van der Waals surface area contributed by atoms with Gasteiger partial charge >= 0.3 is 9.05 Å². The molecule has 106 valence electrons. The first kappa shape index (κ1) is 17.3. The van der Waals surface area contributed by atoms with Gasteiger partial charge in [0.15, 0.2) is 0 Å². The molecule has 0 aliphatic carbocycles. The van der Waals surface area contributed by atoms with Crippen LogP contribution in [0.1, 0.15) is 20.8 Å². The van der Waals surface area contributed by atoms with E-state index in [1.807, 2.05) is 0 Å². The van der Waals surface area contributed by atoms with Gasteiger partial charge in [0.1, 0.15) is 6.73 Å². The summed E-state index contributed by atoms with van der Waals surface area (Å²) in [6.45, 7) is 5.33. The van der Waals surface area contributed by atoms with E-state index in [4.69, 9.17) is 32.8 Å². The smallest absolute Gasteiger partial charge is 0.326 e. The van der Waals surface area contributed by atoms with Crippen molar-refractivity contribution in [3.63, 3.8) is 0 Å². The maximum atomic E-state index is 9.96. The molecule has 0 heterocycles. The summed E-state index contributed by atoms with van der Waals surface area (Å²) in [4.78, 5) is 27.3. The van der Waals surface area contributed by atoms with Crippen LogP contribution in [0, 0.1) is 0 Å². The van der Waals surface area contributed by atoms with Crippen LogP contribution in [0.2, 0.25) is 0 Å². The first-order valence-corrected chi connectivity index (χ1v) is 6.97. The van der Waals surface area contributed by atoms with Crippen molar-refractivity contribution in [2.24, 2.45) is 4.99 Å². The molecule has 9 nitrogen and oxygen atoms in total. The number of nitrogens with zero attached hydrogens (tertiary/aromatic N) is 1. The van der Waals surface area contributed by atoms with Crippen LogP contribution in [0.4, 0.5) is 0 Å². The predicted molar refractivity (Wildman–Crippen MR) is 58.0 cm³/mol. The van der Waals surface area contributed by atoms with E-state index in [9.17, 15) is 4.79 Å². The molecule has 0 saturated heterocycles. The Kier molecular flexibility index (Phi) is 11.0. The molecule has 0 fully saturated rings. The highest BCUT2D eigenvalue weighted by molar-refractivity contribution is 6.52. The first-order valence-electron chi connectivity index (χ1n) is 5.34. The van der Waals surface area contributed by atoms with Crippen molar-refractivity contribution in [3.8, 4) is 0 Å². The van der Waals surface area contributed by atoms with Crippen LogP contribution in [-0.2, 0) is 37.6 Å². The molecule has 0 bridgehead atoms. The van der Waals surface area contributed by atoms with Crippen LogP contribution in [0.3, 0.4) is 0 Å². The van der Waals surface area contributed by atoms with Gasteiger partial charge in [-0.3, -0.25) is 0 Å². The fourth-order valence-electron chi connectivity index (χ4n) is 0.645. The van der Waals surface area contributed by atoms with E-state index in [1.165, 1.54) is 6.08 Å². The van der Waals surface area contributed by atoms with Crippen LogP contribution in [0.25, 0.3) is 0 Å². The van der Waals surface area contributed by atoms with Crippen LogP contribution in [0.15, 0.2) is 4.99 Å². The zero-order valence-electron chi connectivity index (χ0n) is 10.5. The lowest BCUT2D eigenvalue weighted by atomic mass is 10.9. The SMILES string of the molecule is CCOO[Si](OCN=C=O)(OOCC)OOCC. The monoisotopic (exact) mass is 283 g/mol. The number of isocyanates is 1. The van der Waals surface area contributed by atoms with Gasteiger partial charge in [0, 0.05) is 0 Å². The van der Waals surface area contributed by atoms with E-state index in [-0.39, 0.29) is 26.6 Å². The molecule has 0 aromatic rings. The summed E-state index contributed by atoms with van der Waals surface area (Å²) < 4.78 is 19.6. The molecule has 10 heteroatoms. The average molecular weight is 283 g/mol. The van der Waals surface area contributed by atoms with E-state index < -0.39 is 9.05 Å². The predicted octanol–water partition coefficient (Wildman–Crippen LogP) is 0.636. The number of rotatable bonds is 12. The fraction of sp³-hybridized carbons (Fsp3) is 0.875. The summed E-state index contributed by atoms with van der Waals surface area (Å²) in [7, 11) is -3.83. The summed E-state index contributed by atoms with van der Waals surface area (Å²) in [5, 5.41) is 0. The number of hydrogen-bond acceptors (Lipinski definition) is 9. The lowest BCUT2D eigenvalue weighted by Crippen LogP contribution is -2.49. The second-order valence-electron chi connectivity index (χ2n) is 2.49. The van der Waals surface area contributed by atoms with E-state index in [2.05, 4.69) is 4.99 Å². The fourth-order valence-corrected chi connectivity index (χ4v) is 1.88. The van der Waals surface area contributed by atoms with Gasteiger partial charge in [-0.2, -0.15) is 18.7 Å². The Morgan fingerprint density at radius 1 is 0.944 bits per heavy atom. The molecule has 18 heavy (non-hydrogen) atoms. The minimum Gasteiger partial charge on any atom is -0.326 e. The van der Waals surface area contributed by atoms with Crippen molar-refractivity contribution < 1.29 is 37.6 Å².